The summed E-state index contributed by atoms with van der Waals surface area (Å²) in [5, 5.41) is 0. The SMILES string of the molecule is Cc1c(CCOC(=O)CC23CC4CC(CC(C)(C4)C2)C3)sc[n+]1CC(=O)c1ccccc1.[Cl-]. The van der Waals surface area contributed by atoms with Crippen LogP contribution >= 0.6 is 11.3 Å². The molecule has 33 heavy (non-hydrogen) atoms. The van der Waals surface area contributed by atoms with Gasteiger partial charge in [0.15, 0.2) is 5.69 Å². The third kappa shape index (κ3) is 5.19. The van der Waals surface area contributed by atoms with E-state index < -0.39 is 0 Å². The van der Waals surface area contributed by atoms with Gasteiger partial charge in [-0.05, 0) is 61.2 Å². The third-order valence-corrected chi connectivity index (χ3v) is 9.30. The summed E-state index contributed by atoms with van der Waals surface area (Å²) in [5.41, 5.74) is 4.49. The number of carbonyl (C=O) groups is 2. The Morgan fingerprint density at radius 2 is 1.82 bits per heavy atom. The zero-order valence-corrected chi connectivity index (χ0v) is 21.2. The Kier molecular flexibility index (Phi) is 7.02. The first-order chi connectivity index (χ1) is 15.3. The fraction of sp³-hybridized carbons (Fsp3) is 0.593. The summed E-state index contributed by atoms with van der Waals surface area (Å²) in [6, 6.07) is 9.41. The van der Waals surface area contributed by atoms with Crippen LogP contribution in [0.25, 0.3) is 0 Å². The minimum Gasteiger partial charge on any atom is -1.00 e. The van der Waals surface area contributed by atoms with Gasteiger partial charge in [0.1, 0.15) is 0 Å². The summed E-state index contributed by atoms with van der Waals surface area (Å²) < 4.78 is 7.73. The number of Topliss-reactive ketones (excluding diaryl/α,β-unsaturated/α-hetero) is 1. The van der Waals surface area contributed by atoms with Crippen LogP contribution < -0.4 is 17.0 Å². The lowest BCUT2D eigenvalue weighted by molar-refractivity contribution is -0.684. The van der Waals surface area contributed by atoms with Crippen molar-refractivity contribution >= 4 is 23.1 Å². The lowest BCUT2D eigenvalue weighted by atomic mass is 9.44. The van der Waals surface area contributed by atoms with E-state index in [1.54, 1.807) is 11.3 Å². The summed E-state index contributed by atoms with van der Waals surface area (Å²) in [5.74, 6) is 1.75. The van der Waals surface area contributed by atoms with Gasteiger partial charge < -0.3 is 17.1 Å². The number of carbonyl (C=O) groups excluding carboxylic acids is 2. The molecular formula is C27H34ClNO3S. The normalized spacial score (nSPS) is 29.5. The van der Waals surface area contributed by atoms with Gasteiger partial charge in [-0.3, -0.25) is 9.59 Å². The Bertz CT molecular complexity index is 1000. The molecule has 0 radical (unpaired) electrons. The van der Waals surface area contributed by atoms with Crippen LogP contribution in [0.2, 0.25) is 0 Å². The molecule has 0 amide bonds. The number of hydrogen-bond acceptors (Lipinski definition) is 4. The molecule has 4 nitrogen and oxygen atoms in total. The quantitative estimate of drug-likeness (QED) is 0.326. The van der Waals surface area contributed by atoms with Crippen LogP contribution in [0.5, 0.6) is 0 Å². The summed E-state index contributed by atoms with van der Waals surface area (Å²) in [6.45, 7) is 5.26. The van der Waals surface area contributed by atoms with E-state index in [4.69, 9.17) is 4.74 Å². The average molecular weight is 488 g/mol. The van der Waals surface area contributed by atoms with E-state index in [1.807, 2.05) is 47.3 Å². The molecule has 0 N–H and O–H groups in total. The molecule has 1 heterocycles. The lowest BCUT2D eigenvalue weighted by Crippen LogP contribution is -3.00. The number of ether oxygens (including phenoxy) is 1. The van der Waals surface area contributed by atoms with E-state index in [1.165, 1.54) is 43.4 Å². The number of benzene rings is 1. The molecule has 0 spiro atoms. The van der Waals surface area contributed by atoms with Crippen molar-refractivity contribution in [2.45, 2.75) is 71.8 Å². The fourth-order valence-electron chi connectivity index (χ4n) is 7.47. The molecular weight excluding hydrogens is 454 g/mol. The predicted octanol–water partition coefficient (Wildman–Crippen LogP) is 2.31. The summed E-state index contributed by atoms with van der Waals surface area (Å²) in [4.78, 5) is 26.4. The predicted molar refractivity (Wildman–Crippen MR) is 125 cm³/mol. The molecule has 2 unspecified atom stereocenters. The second kappa shape index (κ2) is 9.50. The highest BCUT2D eigenvalue weighted by Gasteiger charge is 2.56. The summed E-state index contributed by atoms with van der Waals surface area (Å²) in [6.07, 6.45) is 9.10. The number of aromatic nitrogens is 1. The highest BCUT2D eigenvalue weighted by molar-refractivity contribution is 7.09. The standard InChI is InChI=1S/C27H34NO3S.ClH/c1-19-24(32-18-28(19)16-23(29)22-6-4-3-5-7-22)8-9-31-25(30)15-27-13-20-10-21(14-27)12-26(2,11-20)17-27;/h3-7,18,20-21H,8-17H2,1-2H3;1H/q+1;/p-1. The van der Waals surface area contributed by atoms with E-state index in [0.29, 0.717) is 31.4 Å². The molecule has 4 saturated carbocycles. The maximum atomic E-state index is 12.7. The van der Waals surface area contributed by atoms with Gasteiger partial charge in [0, 0.05) is 18.9 Å². The van der Waals surface area contributed by atoms with E-state index >= 15 is 0 Å². The molecule has 4 aliphatic carbocycles. The maximum Gasteiger partial charge on any atom is 0.306 e. The summed E-state index contributed by atoms with van der Waals surface area (Å²) >= 11 is 1.64. The fourth-order valence-corrected chi connectivity index (χ4v) is 8.44. The van der Waals surface area contributed by atoms with E-state index in [0.717, 1.165) is 23.1 Å². The minimum absolute atomic E-state index is 0. The monoisotopic (exact) mass is 487 g/mol. The number of thiazole rings is 1. The van der Waals surface area contributed by atoms with Gasteiger partial charge in [-0.2, -0.15) is 4.57 Å². The zero-order valence-electron chi connectivity index (χ0n) is 19.6. The van der Waals surface area contributed by atoms with Crippen LogP contribution in [0, 0.1) is 29.6 Å². The van der Waals surface area contributed by atoms with Gasteiger partial charge >= 0.3 is 5.97 Å². The van der Waals surface area contributed by atoms with Crippen molar-refractivity contribution in [3.8, 4) is 0 Å². The van der Waals surface area contributed by atoms with Gasteiger partial charge in [0.05, 0.1) is 17.9 Å². The number of halogens is 1. The number of esters is 1. The molecule has 6 rings (SSSR count). The highest BCUT2D eigenvalue weighted by Crippen LogP contribution is 2.66. The van der Waals surface area contributed by atoms with Crippen molar-refractivity contribution in [3.63, 3.8) is 0 Å². The molecule has 1 aromatic carbocycles. The van der Waals surface area contributed by atoms with Crippen LogP contribution in [-0.4, -0.2) is 18.4 Å². The minimum atomic E-state index is -0.0168. The van der Waals surface area contributed by atoms with E-state index in [9.17, 15) is 9.59 Å². The van der Waals surface area contributed by atoms with Crippen molar-refractivity contribution in [2.75, 3.05) is 6.61 Å². The molecule has 2 atom stereocenters. The van der Waals surface area contributed by atoms with Crippen LogP contribution in [0.1, 0.15) is 72.8 Å². The average Bonchev–Trinajstić information content (AvgIpc) is 3.06. The van der Waals surface area contributed by atoms with Crippen LogP contribution in [0.15, 0.2) is 35.8 Å². The number of rotatable bonds is 8. The lowest BCUT2D eigenvalue weighted by Gasteiger charge is -2.61. The van der Waals surface area contributed by atoms with Crippen LogP contribution in [0.3, 0.4) is 0 Å². The van der Waals surface area contributed by atoms with Gasteiger partial charge in [-0.15, -0.1) is 0 Å². The Labute approximate surface area is 207 Å². The van der Waals surface area contributed by atoms with Crippen LogP contribution in [0.4, 0.5) is 0 Å². The topological polar surface area (TPSA) is 47.2 Å². The van der Waals surface area contributed by atoms with Gasteiger partial charge in [0.2, 0.25) is 17.8 Å². The smallest absolute Gasteiger partial charge is 0.306 e. The molecule has 4 fully saturated rings. The first-order valence-electron chi connectivity index (χ1n) is 12.0. The molecule has 178 valence electrons. The molecule has 0 saturated heterocycles. The first-order valence-corrected chi connectivity index (χ1v) is 12.9. The molecule has 6 heteroatoms. The van der Waals surface area contributed by atoms with Crippen molar-refractivity contribution in [3.05, 3.63) is 52.0 Å². The van der Waals surface area contributed by atoms with Crippen molar-refractivity contribution < 1.29 is 31.3 Å². The molecule has 1 aromatic heterocycles. The molecule has 2 aromatic rings. The van der Waals surface area contributed by atoms with Gasteiger partial charge in [-0.1, -0.05) is 48.6 Å². The Balaban J connectivity index is 0.00000259. The number of ketones is 1. The molecule has 0 aliphatic heterocycles. The first kappa shape index (κ1) is 24.4. The maximum absolute atomic E-state index is 12.7. The third-order valence-electron chi connectivity index (χ3n) is 8.15. The summed E-state index contributed by atoms with van der Waals surface area (Å²) in [7, 11) is 0. The Hall–Kier alpha value is -1.72. The van der Waals surface area contributed by atoms with Gasteiger partial charge in [-0.25, -0.2) is 0 Å². The second-order valence-corrected chi connectivity index (χ2v) is 12.0. The highest BCUT2D eigenvalue weighted by atomic mass is 35.5. The van der Waals surface area contributed by atoms with Crippen molar-refractivity contribution in [2.24, 2.45) is 22.7 Å². The molecule has 4 aliphatic rings. The van der Waals surface area contributed by atoms with E-state index in [-0.39, 0.29) is 29.6 Å². The second-order valence-electron chi connectivity index (χ2n) is 11.1. The number of hydrogen-bond donors (Lipinski definition) is 0. The van der Waals surface area contributed by atoms with E-state index in [2.05, 4.69) is 6.92 Å². The largest absolute Gasteiger partial charge is 1.00 e. The van der Waals surface area contributed by atoms with Crippen LogP contribution in [-0.2, 0) is 22.5 Å². The number of nitrogens with zero attached hydrogens (tertiary/aromatic N) is 1. The molecule has 4 bridgehead atoms. The zero-order chi connectivity index (χ0) is 22.3. The Morgan fingerprint density at radius 3 is 2.48 bits per heavy atom. The van der Waals surface area contributed by atoms with Gasteiger partial charge in [0.25, 0.3) is 0 Å². The van der Waals surface area contributed by atoms with Crippen molar-refractivity contribution in [1.29, 1.82) is 0 Å². The van der Waals surface area contributed by atoms with Crippen molar-refractivity contribution in [1.82, 2.24) is 0 Å². The Morgan fingerprint density at radius 1 is 1.12 bits per heavy atom.